The van der Waals surface area contributed by atoms with E-state index in [0.717, 1.165) is 30.3 Å². The second kappa shape index (κ2) is 11.2. The molecule has 0 radical (unpaired) electrons. The Balaban J connectivity index is 1.93. The van der Waals surface area contributed by atoms with E-state index >= 15 is 0 Å². The highest BCUT2D eigenvalue weighted by atomic mass is 19.4. The number of aromatic nitrogens is 1. The third-order valence-corrected chi connectivity index (χ3v) is 6.36. The lowest BCUT2D eigenvalue weighted by Gasteiger charge is -2.29. The SMILES string of the molecule is CNC(=O)c1c(-c2ccc(F)cc2)oc2nc(NCC(F)(F)F)c(-c3ccc(F)c(C(=O)NC(C)(C)C(F)(F)F)c3)cc12. The molecule has 2 aromatic carbocycles. The number of anilines is 1. The Morgan fingerprint density at radius 2 is 1.51 bits per heavy atom. The lowest BCUT2D eigenvalue weighted by Crippen LogP contribution is -2.54. The molecule has 15 heteroatoms. The molecule has 2 heterocycles. The summed E-state index contributed by atoms with van der Waals surface area (Å²) in [7, 11) is 1.30. The van der Waals surface area contributed by atoms with E-state index in [2.05, 4.69) is 15.6 Å². The first-order valence-electron chi connectivity index (χ1n) is 12.4. The molecule has 0 saturated heterocycles. The van der Waals surface area contributed by atoms with Crippen molar-refractivity contribution in [1.82, 2.24) is 15.6 Å². The Labute approximate surface area is 238 Å². The molecule has 0 fully saturated rings. The van der Waals surface area contributed by atoms with Gasteiger partial charge in [-0.25, -0.2) is 8.78 Å². The number of furan rings is 1. The van der Waals surface area contributed by atoms with Gasteiger partial charge in [0.1, 0.15) is 35.3 Å². The number of pyridine rings is 1. The standard InChI is InChI=1S/C28H22F8N4O3/c1-26(2,28(34,35)36)40-23(41)17-10-14(6-9-19(17)30)16-11-18-20(24(42)37-3)21(13-4-7-15(29)8-5-13)43-25(18)39-22(16)38-12-27(31,32)33/h4-11H,12H2,1-3H3,(H,37,42)(H,38,39)(H,40,41). The Morgan fingerprint density at radius 1 is 0.884 bits per heavy atom. The van der Waals surface area contributed by atoms with Gasteiger partial charge in [-0.2, -0.15) is 31.3 Å². The highest BCUT2D eigenvalue weighted by Crippen LogP contribution is 2.39. The molecule has 2 amide bonds. The molecule has 0 aliphatic rings. The van der Waals surface area contributed by atoms with Crippen LogP contribution in [0.25, 0.3) is 33.6 Å². The molecule has 0 saturated carbocycles. The smallest absolute Gasteiger partial charge is 0.410 e. The van der Waals surface area contributed by atoms with Crippen molar-refractivity contribution in [2.24, 2.45) is 0 Å². The highest BCUT2D eigenvalue weighted by Gasteiger charge is 2.48. The molecule has 43 heavy (non-hydrogen) atoms. The average molecular weight is 614 g/mol. The zero-order valence-electron chi connectivity index (χ0n) is 22.5. The van der Waals surface area contributed by atoms with Crippen LogP contribution in [0.5, 0.6) is 0 Å². The van der Waals surface area contributed by atoms with Crippen LogP contribution >= 0.6 is 0 Å². The molecule has 0 spiro atoms. The number of alkyl halides is 6. The molecule has 0 bridgehead atoms. The van der Waals surface area contributed by atoms with Gasteiger partial charge < -0.3 is 20.4 Å². The number of carbonyl (C=O) groups is 2. The summed E-state index contributed by atoms with van der Waals surface area (Å²) in [6, 6.07) is 8.67. The van der Waals surface area contributed by atoms with E-state index in [1.807, 2.05) is 0 Å². The molecule has 4 rings (SSSR count). The number of halogens is 8. The van der Waals surface area contributed by atoms with Gasteiger partial charge in [0.25, 0.3) is 11.8 Å². The van der Waals surface area contributed by atoms with Gasteiger partial charge in [0, 0.05) is 18.2 Å². The lowest BCUT2D eigenvalue weighted by molar-refractivity contribution is -0.182. The summed E-state index contributed by atoms with van der Waals surface area (Å²) in [5.74, 6) is -4.47. The summed E-state index contributed by atoms with van der Waals surface area (Å²) in [6.07, 6.45) is -9.61. The van der Waals surface area contributed by atoms with Crippen LogP contribution in [0.3, 0.4) is 0 Å². The van der Waals surface area contributed by atoms with Gasteiger partial charge >= 0.3 is 12.4 Å². The number of benzene rings is 2. The first-order chi connectivity index (χ1) is 19.9. The average Bonchev–Trinajstić information content (AvgIpc) is 3.28. The Hall–Kier alpha value is -4.69. The number of hydrogen-bond donors (Lipinski definition) is 3. The molecule has 0 aliphatic carbocycles. The minimum Gasteiger partial charge on any atom is -0.437 e. The zero-order valence-corrected chi connectivity index (χ0v) is 22.5. The summed E-state index contributed by atoms with van der Waals surface area (Å²) in [5, 5.41) is 6.19. The number of rotatable bonds is 7. The number of hydrogen-bond acceptors (Lipinski definition) is 5. The maximum atomic E-state index is 14.7. The van der Waals surface area contributed by atoms with Crippen molar-refractivity contribution in [3.63, 3.8) is 0 Å². The number of nitrogens with zero attached hydrogens (tertiary/aromatic N) is 1. The van der Waals surface area contributed by atoms with E-state index in [4.69, 9.17) is 4.42 Å². The molecule has 0 aliphatic heterocycles. The molecule has 2 aromatic heterocycles. The third-order valence-electron chi connectivity index (χ3n) is 6.36. The fourth-order valence-corrected chi connectivity index (χ4v) is 4.01. The number of amides is 2. The maximum absolute atomic E-state index is 14.7. The number of fused-ring (bicyclic) bond motifs is 1. The third kappa shape index (κ3) is 6.54. The molecule has 3 N–H and O–H groups in total. The van der Waals surface area contributed by atoms with Gasteiger partial charge in [0.15, 0.2) is 0 Å². The first-order valence-corrected chi connectivity index (χ1v) is 12.4. The second-order valence-electron chi connectivity index (χ2n) is 9.87. The van der Waals surface area contributed by atoms with Crippen molar-refractivity contribution in [2.45, 2.75) is 31.7 Å². The van der Waals surface area contributed by atoms with E-state index in [9.17, 15) is 44.7 Å². The summed E-state index contributed by atoms with van der Waals surface area (Å²) in [6.45, 7) is -0.246. The van der Waals surface area contributed by atoms with Crippen LogP contribution in [0.2, 0.25) is 0 Å². The molecular weight excluding hydrogens is 592 g/mol. The van der Waals surface area contributed by atoms with E-state index < -0.39 is 59.3 Å². The van der Waals surface area contributed by atoms with E-state index in [1.54, 1.807) is 5.32 Å². The normalized spacial score (nSPS) is 12.3. The predicted molar refractivity (Wildman–Crippen MR) is 140 cm³/mol. The van der Waals surface area contributed by atoms with Crippen molar-refractivity contribution >= 4 is 28.7 Å². The Bertz CT molecular complexity index is 1690. The molecule has 228 valence electrons. The van der Waals surface area contributed by atoms with Crippen molar-refractivity contribution in [2.75, 3.05) is 18.9 Å². The van der Waals surface area contributed by atoms with Crippen LogP contribution in [0.4, 0.5) is 40.9 Å². The maximum Gasteiger partial charge on any atom is 0.410 e. The van der Waals surface area contributed by atoms with Gasteiger partial charge in [-0.1, -0.05) is 6.07 Å². The molecular formula is C28H22F8N4O3. The van der Waals surface area contributed by atoms with Crippen LogP contribution in [-0.2, 0) is 0 Å². The van der Waals surface area contributed by atoms with Crippen molar-refractivity contribution in [3.8, 4) is 22.5 Å². The van der Waals surface area contributed by atoms with Crippen molar-refractivity contribution in [1.29, 1.82) is 0 Å². The Morgan fingerprint density at radius 3 is 2.09 bits per heavy atom. The van der Waals surface area contributed by atoms with Crippen LogP contribution in [0.1, 0.15) is 34.6 Å². The predicted octanol–water partition coefficient (Wildman–Crippen LogP) is 6.84. The van der Waals surface area contributed by atoms with Crippen LogP contribution in [0, 0.1) is 11.6 Å². The van der Waals surface area contributed by atoms with Crippen molar-refractivity contribution in [3.05, 3.63) is 71.3 Å². The first kappa shape index (κ1) is 31.3. The highest BCUT2D eigenvalue weighted by molar-refractivity contribution is 6.11. The second-order valence-corrected chi connectivity index (χ2v) is 9.87. The van der Waals surface area contributed by atoms with Crippen molar-refractivity contribution < 1.29 is 49.1 Å². The minimum absolute atomic E-state index is 0.0141. The summed E-state index contributed by atoms with van der Waals surface area (Å²) in [4.78, 5) is 29.7. The molecule has 0 unspecified atom stereocenters. The molecule has 0 atom stereocenters. The molecule has 7 nitrogen and oxygen atoms in total. The largest absolute Gasteiger partial charge is 0.437 e. The van der Waals surface area contributed by atoms with E-state index in [1.165, 1.54) is 25.2 Å². The topological polar surface area (TPSA) is 96.3 Å². The van der Waals surface area contributed by atoms with Gasteiger partial charge in [0.2, 0.25) is 5.71 Å². The van der Waals surface area contributed by atoms with E-state index in [0.29, 0.717) is 13.8 Å². The van der Waals surface area contributed by atoms with Crippen LogP contribution in [-0.4, -0.2) is 48.3 Å². The van der Waals surface area contributed by atoms with Gasteiger partial charge in [-0.05, 0) is 61.9 Å². The fourth-order valence-electron chi connectivity index (χ4n) is 4.01. The number of nitrogens with one attached hydrogen (secondary N) is 3. The summed E-state index contributed by atoms with van der Waals surface area (Å²) in [5.41, 5.74) is -4.05. The van der Waals surface area contributed by atoms with Gasteiger partial charge in [0.05, 0.1) is 16.5 Å². The monoisotopic (exact) mass is 614 g/mol. The fraction of sp³-hybridized carbons (Fsp3) is 0.250. The lowest BCUT2D eigenvalue weighted by atomic mass is 9.98. The van der Waals surface area contributed by atoms with E-state index in [-0.39, 0.29) is 39.1 Å². The number of carbonyl (C=O) groups excluding carboxylic acids is 2. The quantitative estimate of drug-likeness (QED) is 0.198. The molecule has 4 aromatic rings. The van der Waals surface area contributed by atoms with Crippen LogP contribution in [0.15, 0.2) is 52.9 Å². The van der Waals surface area contributed by atoms with Crippen LogP contribution < -0.4 is 16.0 Å². The summed E-state index contributed by atoms with van der Waals surface area (Å²) < 4.78 is 113. The summed E-state index contributed by atoms with van der Waals surface area (Å²) >= 11 is 0. The van der Waals surface area contributed by atoms with Gasteiger partial charge in [-0.3, -0.25) is 9.59 Å². The van der Waals surface area contributed by atoms with Gasteiger partial charge in [-0.15, -0.1) is 0 Å². The minimum atomic E-state index is -4.89. The zero-order chi connectivity index (χ0) is 31.9. The Kier molecular flexibility index (Phi) is 8.13.